The Bertz CT molecular complexity index is 609. The highest BCUT2D eigenvalue weighted by Gasteiger charge is 2.37. The van der Waals surface area contributed by atoms with Crippen LogP contribution in [0, 0.1) is 5.82 Å². The number of hydrogen-bond donors (Lipinski definition) is 2. The molecule has 0 aliphatic carbocycles. The molecule has 4 N–H and O–H groups in total. The van der Waals surface area contributed by atoms with Crippen LogP contribution >= 0.6 is 0 Å². The summed E-state index contributed by atoms with van der Waals surface area (Å²) in [6.45, 7) is 4.25. The molecule has 0 spiro atoms. The zero-order valence-electron chi connectivity index (χ0n) is 12.3. The lowest BCUT2D eigenvalue weighted by molar-refractivity contribution is 0.180. The van der Waals surface area contributed by atoms with Crippen LogP contribution in [0.15, 0.2) is 17.1 Å². The molecular formula is C14H19FN4O2. The smallest absolute Gasteiger partial charge is 0.347 e. The van der Waals surface area contributed by atoms with Crippen LogP contribution < -0.4 is 16.2 Å². The summed E-state index contributed by atoms with van der Waals surface area (Å²) in [6, 6.07) is 2.39. The predicted octanol–water partition coefficient (Wildman–Crippen LogP) is 1.32. The van der Waals surface area contributed by atoms with Gasteiger partial charge in [-0.3, -0.25) is 0 Å². The summed E-state index contributed by atoms with van der Waals surface area (Å²) < 4.78 is 19.5. The van der Waals surface area contributed by atoms with E-state index < -0.39 is 11.4 Å². The van der Waals surface area contributed by atoms with E-state index in [9.17, 15) is 9.18 Å². The number of fused-ring (bicyclic) bond motifs is 1. The number of carbonyl (C=O) groups is 1. The van der Waals surface area contributed by atoms with Gasteiger partial charge >= 0.3 is 6.03 Å². The first-order valence-electron chi connectivity index (χ1n) is 6.50. The van der Waals surface area contributed by atoms with Gasteiger partial charge < -0.3 is 21.1 Å². The van der Waals surface area contributed by atoms with E-state index in [-0.39, 0.29) is 18.3 Å². The maximum Gasteiger partial charge on any atom is 0.347 e. The van der Waals surface area contributed by atoms with Crippen LogP contribution in [0.25, 0.3) is 0 Å². The van der Waals surface area contributed by atoms with E-state index in [1.165, 1.54) is 18.1 Å². The molecule has 21 heavy (non-hydrogen) atoms. The molecule has 6 nitrogen and oxygen atoms in total. The van der Waals surface area contributed by atoms with Crippen molar-refractivity contribution in [2.24, 2.45) is 16.5 Å². The summed E-state index contributed by atoms with van der Waals surface area (Å²) in [5.74, 6) is -0.0544. The van der Waals surface area contributed by atoms with Crippen LogP contribution in [0.4, 0.5) is 9.18 Å². The van der Waals surface area contributed by atoms with Gasteiger partial charge in [-0.25, -0.2) is 9.18 Å². The molecular weight excluding hydrogens is 275 g/mol. The van der Waals surface area contributed by atoms with Crippen molar-refractivity contribution in [2.75, 3.05) is 13.7 Å². The minimum atomic E-state index is -0.569. The number of ether oxygens (including phenoxy) is 1. The van der Waals surface area contributed by atoms with Gasteiger partial charge in [-0.05, 0) is 12.1 Å². The standard InChI is InChI=1S/C14H19FN4O2/c1-14(2)7-19(13(20)18-12(16)17)6-8-10(21-3)5-4-9(15)11(8)14/h4-5H,6-7H2,1-3H3,(H4,16,17,18,20). The molecule has 2 amide bonds. The Morgan fingerprint density at radius 3 is 2.67 bits per heavy atom. The molecule has 0 saturated carbocycles. The highest BCUT2D eigenvalue weighted by molar-refractivity contribution is 5.90. The molecule has 0 aromatic heterocycles. The van der Waals surface area contributed by atoms with Gasteiger partial charge in [0.2, 0.25) is 0 Å². The number of nitrogens with zero attached hydrogens (tertiary/aromatic N) is 2. The normalized spacial score (nSPS) is 16.1. The van der Waals surface area contributed by atoms with Crippen LogP contribution in [-0.2, 0) is 12.0 Å². The van der Waals surface area contributed by atoms with Gasteiger partial charge in [-0.1, -0.05) is 13.8 Å². The highest BCUT2D eigenvalue weighted by atomic mass is 19.1. The summed E-state index contributed by atoms with van der Waals surface area (Å²) in [4.78, 5) is 17.1. The molecule has 0 bridgehead atoms. The van der Waals surface area contributed by atoms with Crippen molar-refractivity contribution >= 4 is 12.0 Å². The minimum Gasteiger partial charge on any atom is -0.496 e. The van der Waals surface area contributed by atoms with Crippen molar-refractivity contribution < 1.29 is 13.9 Å². The fraction of sp³-hybridized carbons (Fsp3) is 0.429. The van der Waals surface area contributed by atoms with Crippen molar-refractivity contribution in [1.29, 1.82) is 0 Å². The number of methoxy groups -OCH3 is 1. The van der Waals surface area contributed by atoms with Crippen LogP contribution in [0.5, 0.6) is 5.75 Å². The molecule has 2 rings (SSSR count). The second-order valence-corrected chi connectivity index (χ2v) is 5.66. The first-order chi connectivity index (χ1) is 9.76. The van der Waals surface area contributed by atoms with Crippen molar-refractivity contribution in [1.82, 2.24) is 4.90 Å². The van der Waals surface area contributed by atoms with E-state index in [4.69, 9.17) is 16.2 Å². The van der Waals surface area contributed by atoms with Crippen molar-refractivity contribution in [2.45, 2.75) is 25.8 Å². The van der Waals surface area contributed by atoms with Gasteiger partial charge in [0.05, 0.1) is 13.7 Å². The zero-order chi connectivity index (χ0) is 15.8. The Kier molecular flexibility index (Phi) is 3.76. The molecule has 114 valence electrons. The molecule has 0 saturated heterocycles. The third-order valence-corrected chi connectivity index (χ3v) is 3.55. The topological polar surface area (TPSA) is 93.9 Å². The Labute approximate surface area is 122 Å². The first kappa shape index (κ1) is 15.1. The Hall–Kier alpha value is -2.31. The lowest BCUT2D eigenvalue weighted by Crippen LogP contribution is -2.45. The highest BCUT2D eigenvalue weighted by Crippen LogP contribution is 2.39. The van der Waals surface area contributed by atoms with E-state index in [1.807, 2.05) is 13.8 Å². The number of guanidine groups is 1. The predicted molar refractivity (Wildman–Crippen MR) is 77.6 cm³/mol. The van der Waals surface area contributed by atoms with Gasteiger partial charge in [-0.2, -0.15) is 4.99 Å². The fourth-order valence-electron chi connectivity index (χ4n) is 2.80. The summed E-state index contributed by atoms with van der Waals surface area (Å²) in [6.07, 6.45) is 0. The Morgan fingerprint density at radius 1 is 1.43 bits per heavy atom. The van der Waals surface area contributed by atoms with Gasteiger partial charge in [0, 0.05) is 23.1 Å². The number of rotatable bonds is 1. The van der Waals surface area contributed by atoms with E-state index in [1.54, 1.807) is 6.07 Å². The zero-order valence-corrected chi connectivity index (χ0v) is 12.3. The largest absolute Gasteiger partial charge is 0.496 e. The van der Waals surface area contributed by atoms with Gasteiger partial charge in [0.15, 0.2) is 5.96 Å². The number of urea groups is 1. The molecule has 1 aromatic carbocycles. The lowest BCUT2D eigenvalue weighted by atomic mass is 9.77. The molecule has 0 radical (unpaired) electrons. The van der Waals surface area contributed by atoms with Gasteiger partial charge in [-0.15, -0.1) is 0 Å². The van der Waals surface area contributed by atoms with Crippen LogP contribution in [0.2, 0.25) is 0 Å². The van der Waals surface area contributed by atoms with Crippen molar-refractivity contribution in [3.05, 3.63) is 29.1 Å². The number of aliphatic imine (C=N–C) groups is 1. The Balaban J connectivity index is 2.50. The number of carbonyl (C=O) groups excluding carboxylic acids is 1. The quantitative estimate of drug-likeness (QED) is 0.603. The maximum atomic E-state index is 14.2. The van der Waals surface area contributed by atoms with Gasteiger partial charge in [0.1, 0.15) is 11.6 Å². The minimum absolute atomic E-state index is 0.204. The summed E-state index contributed by atoms with van der Waals surface area (Å²) in [5, 5.41) is 0. The Morgan fingerprint density at radius 2 is 2.10 bits per heavy atom. The van der Waals surface area contributed by atoms with Crippen LogP contribution in [0.1, 0.15) is 25.0 Å². The summed E-state index contributed by atoms with van der Waals surface area (Å²) >= 11 is 0. The van der Waals surface area contributed by atoms with E-state index in [2.05, 4.69) is 4.99 Å². The van der Waals surface area contributed by atoms with Gasteiger partial charge in [0.25, 0.3) is 0 Å². The molecule has 1 aromatic rings. The first-order valence-corrected chi connectivity index (χ1v) is 6.50. The van der Waals surface area contributed by atoms with E-state index in [0.29, 0.717) is 23.4 Å². The fourth-order valence-corrected chi connectivity index (χ4v) is 2.80. The molecule has 0 fully saturated rings. The van der Waals surface area contributed by atoms with E-state index in [0.717, 1.165) is 0 Å². The van der Waals surface area contributed by atoms with Crippen LogP contribution in [-0.4, -0.2) is 30.5 Å². The van der Waals surface area contributed by atoms with Crippen LogP contribution in [0.3, 0.4) is 0 Å². The average molecular weight is 294 g/mol. The molecule has 1 aliphatic heterocycles. The number of nitrogens with two attached hydrogens (primary N) is 2. The SMILES string of the molecule is COc1ccc(F)c2c1CN(C(=O)N=C(N)N)CC2(C)C. The maximum absolute atomic E-state index is 14.2. The number of halogens is 1. The molecule has 0 atom stereocenters. The molecule has 0 unspecified atom stereocenters. The molecule has 1 aliphatic rings. The lowest BCUT2D eigenvalue weighted by Gasteiger charge is -2.39. The number of benzene rings is 1. The van der Waals surface area contributed by atoms with Crippen molar-refractivity contribution in [3.63, 3.8) is 0 Å². The third kappa shape index (κ3) is 2.76. The number of amides is 2. The monoisotopic (exact) mass is 294 g/mol. The number of hydrogen-bond acceptors (Lipinski definition) is 2. The molecule has 1 heterocycles. The second-order valence-electron chi connectivity index (χ2n) is 5.66. The molecule has 7 heteroatoms. The summed E-state index contributed by atoms with van der Waals surface area (Å²) in [5.41, 5.74) is 11.1. The second kappa shape index (κ2) is 5.23. The van der Waals surface area contributed by atoms with E-state index >= 15 is 0 Å². The van der Waals surface area contributed by atoms with Crippen molar-refractivity contribution in [3.8, 4) is 5.75 Å². The third-order valence-electron chi connectivity index (χ3n) is 3.55. The average Bonchev–Trinajstić information content (AvgIpc) is 2.36. The summed E-state index contributed by atoms with van der Waals surface area (Å²) in [7, 11) is 1.51.